The van der Waals surface area contributed by atoms with Crippen LogP contribution in [0.1, 0.15) is 46.8 Å². The van der Waals surface area contributed by atoms with E-state index in [1.807, 2.05) is 72.8 Å². The third-order valence-electron chi connectivity index (χ3n) is 6.20. The lowest BCUT2D eigenvalue weighted by molar-refractivity contribution is 0.0681. The molecule has 0 spiro atoms. The molecule has 2 atom stereocenters. The van der Waals surface area contributed by atoms with Crippen LogP contribution in [0.15, 0.2) is 87.9 Å². The summed E-state index contributed by atoms with van der Waals surface area (Å²) in [6.45, 7) is 0. The number of hydrogen-bond donors (Lipinski definition) is 0. The fourth-order valence-corrected chi connectivity index (χ4v) is 5.33. The molecular formula is C27H21BrCl2N2O. The van der Waals surface area contributed by atoms with Gasteiger partial charge >= 0.3 is 0 Å². The molecule has 0 unspecified atom stereocenters. The molecule has 166 valence electrons. The largest absolute Gasteiger partial charge is 0.274 e. The van der Waals surface area contributed by atoms with Gasteiger partial charge in [0, 0.05) is 26.0 Å². The molecule has 1 fully saturated rings. The summed E-state index contributed by atoms with van der Waals surface area (Å²) < 4.78 is 0.865. The summed E-state index contributed by atoms with van der Waals surface area (Å²) in [6, 6.07) is 22.9. The standard InChI is InChI=1S/C27H21BrCl2N2O/c28-21-5-1-4-20(16-21)27(33)32-26(18-9-13-23(30)14-10-18)24-6-2-3-19(25(24)31-32)15-17-7-11-22(29)12-8-17/h1,4-5,7-16,24,26H,2-3,6H2/b19-15+/t24-,26-/m1/s1. The molecule has 1 amide bonds. The number of fused-ring (bicyclic) bond motifs is 1. The summed E-state index contributed by atoms with van der Waals surface area (Å²) in [4.78, 5) is 13.6. The summed E-state index contributed by atoms with van der Waals surface area (Å²) in [5.41, 5.74) is 4.91. The van der Waals surface area contributed by atoms with Crippen LogP contribution in [0.4, 0.5) is 0 Å². The number of carbonyl (C=O) groups excluding carboxylic acids is 1. The number of nitrogens with zero attached hydrogens (tertiary/aromatic N) is 2. The Labute approximate surface area is 211 Å². The van der Waals surface area contributed by atoms with Crippen LogP contribution in [0, 0.1) is 5.92 Å². The van der Waals surface area contributed by atoms with Crippen LogP contribution in [-0.4, -0.2) is 16.6 Å². The molecule has 0 radical (unpaired) electrons. The lowest BCUT2D eigenvalue weighted by atomic mass is 9.77. The van der Waals surface area contributed by atoms with Gasteiger partial charge in [-0.3, -0.25) is 4.79 Å². The molecule has 5 rings (SSSR count). The Balaban J connectivity index is 1.58. The Morgan fingerprint density at radius 1 is 1.00 bits per heavy atom. The average molecular weight is 540 g/mol. The number of halogens is 3. The smallest absolute Gasteiger partial charge is 0.267 e. The van der Waals surface area contributed by atoms with Crippen molar-refractivity contribution in [2.75, 3.05) is 0 Å². The molecule has 0 bridgehead atoms. The Morgan fingerprint density at radius 3 is 2.39 bits per heavy atom. The van der Waals surface area contributed by atoms with Crippen LogP contribution in [0.25, 0.3) is 6.08 Å². The molecule has 1 aliphatic carbocycles. The predicted octanol–water partition coefficient (Wildman–Crippen LogP) is 8.19. The fraction of sp³-hybridized carbons (Fsp3) is 0.185. The molecule has 3 nitrogen and oxygen atoms in total. The topological polar surface area (TPSA) is 32.7 Å². The minimum Gasteiger partial charge on any atom is -0.267 e. The van der Waals surface area contributed by atoms with Crippen molar-refractivity contribution in [3.63, 3.8) is 0 Å². The monoisotopic (exact) mass is 538 g/mol. The molecular weight excluding hydrogens is 519 g/mol. The van der Waals surface area contributed by atoms with Crippen molar-refractivity contribution in [2.45, 2.75) is 25.3 Å². The first-order valence-electron chi connectivity index (χ1n) is 10.9. The Hall–Kier alpha value is -2.40. The molecule has 1 aliphatic heterocycles. The van der Waals surface area contributed by atoms with Crippen molar-refractivity contribution in [3.8, 4) is 0 Å². The van der Waals surface area contributed by atoms with Crippen LogP contribution in [0.2, 0.25) is 10.0 Å². The van der Waals surface area contributed by atoms with Gasteiger partial charge in [-0.1, -0.05) is 69.5 Å². The maximum absolute atomic E-state index is 13.6. The van der Waals surface area contributed by atoms with E-state index in [1.54, 1.807) is 5.01 Å². The Morgan fingerprint density at radius 2 is 1.70 bits per heavy atom. The summed E-state index contributed by atoms with van der Waals surface area (Å²) >= 11 is 15.7. The molecule has 3 aromatic carbocycles. The van der Waals surface area contributed by atoms with Crippen LogP contribution in [0.3, 0.4) is 0 Å². The highest BCUT2D eigenvalue weighted by Crippen LogP contribution is 2.45. The van der Waals surface area contributed by atoms with Crippen LogP contribution >= 0.6 is 39.1 Å². The van der Waals surface area contributed by atoms with Gasteiger partial charge in [0.25, 0.3) is 5.91 Å². The second kappa shape index (κ2) is 9.46. The van der Waals surface area contributed by atoms with Gasteiger partial charge in [0.1, 0.15) is 0 Å². The lowest BCUT2D eigenvalue weighted by Crippen LogP contribution is -2.31. The summed E-state index contributed by atoms with van der Waals surface area (Å²) in [5.74, 6) is 0.0265. The Kier molecular flexibility index (Phi) is 6.42. The van der Waals surface area contributed by atoms with Crippen molar-refractivity contribution in [1.29, 1.82) is 0 Å². The van der Waals surface area contributed by atoms with Gasteiger partial charge in [0.05, 0.1) is 11.8 Å². The zero-order valence-corrected chi connectivity index (χ0v) is 20.8. The van der Waals surface area contributed by atoms with Crippen molar-refractivity contribution in [1.82, 2.24) is 5.01 Å². The van der Waals surface area contributed by atoms with Crippen LogP contribution < -0.4 is 0 Å². The molecule has 6 heteroatoms. The van der Waals surface area contributed by atoms with Gasteiger partial charge in [0.2, 0.25) is 0 Å². The summed E-state index contributed by atoms with van der Waals surface area (Å²) in [6.07, 6.45) is 5.13. The Bertz CT molecular complexity index is 1250. The van der Waals surface area contributed by atoms with Gasteiger partial charge < -0.3 is 0 Å². The first-order chi connectivity index (χ1) is 16.0. The second-order valence-corrected chi connectivity index (χ2v) is 10.2. The van der Waals surface area contributed by atoms with Crippen molar-refractivity contribution in [3.05, 3.63) is 110 Å². The fourth-order valence-electron chi connectivity index (χ4n) is 4.68. The highest BCUT2D eigenvalue weighted by Gasteiger charge is 2.43. The zero-order chi connectivity index (χ0) is 22.9. The van der Waals surface area contributed by atoms with E-state index < -0.39 is 0 Å². The van der Waals surface area contributed by atoms with E-state index in [0.717, 1.165) is 40.6 Å². The van der Waals surface area contributed by atoms with E-state index in [1.165, 1.54) is 5.57 Å². The highest BCUT2D eigenvalue weighted by molar-refractivity contribution is 9.10. The molecule has 1 heterocycles. The zero-order valence-electron chi connectivity index (χ0n) is 17.7. The second-order valence-electron chi connectivity index (χ2n) is 8.36. The van der Waals surface area contributed by atoms with E-state index in [9.17, 15) is 4.79 Å². The van der Waals surface area contributed by atoms with Crippen LogP contribution in [0.5, 0.6) is 0 Å². The number of amides is 1. The average Bonchev–Trinajstić information content (AvgIpc) is 3.21. The van der Waals surface area contributed by atoms with E-state index >= 15 is 0 Å². The molecule has 33 heavy (non-hydrogen) atoms. The first kappa shape index (κ1) is 22.4. The minimum atomic E-state index is -0.169. The van der Waals surface area contributed by atoms with E-state index in [0.29, 0.717) is 15.6 Å². The molecule has 0 saturated heterocycles. The number of benzene rings is 3. The number of hydrazone groups is 1. The van der Waals surface area contributed by atoms with E-state index in [4.69, 9.17) is 28.3 Å². The normalized spacial score (nSPS) is 21.1. The molecule has 0 N–H and O–H groups in total. The number of rotatable bonds is 3. The predicted molar refractivity (Wildman–Crippen MR) is 139 cm³/mol. The highest BCUT2D eigenvalue weighted by atomic mass is 79.9. The lowest BCUT2D eigenvalue weighted by Gasteiger charge is -2.29. The van der Waals surface area contributed by atoms with Gasteiger partial charge in [-0.05, 0) is 84.5 Å². The summed E-state index contributed by atoms with van der Waals surface area (Å²) in [7, 11) is 0. The van der Waals surface area contributed by atoms with E-state index in [-0.39, 0.29) is 17.9 Å². The van der Waals surface area contributed by atoms with Crippen molar-refractivity contribution in [2.24, 2.45) is 11.0 Å². The van der Waals surface area contributed by atoms with Gasteiger partial charge in [-0.25, -0.2) is 5.01 Å². The maximum atomic E-state index is 13.6. The van der Waals surface area contributed by atoms with E-state index in [2.05, 4.69) is 22.0 Å². The van der Waals surface area contributed by atoms with Gasteiger partial charge in [-0.15, -0.1) is 0 Å². The molecule has 2 aliphatic rings. The molecule has 1 saturated carbocycles. The molecule has 3 aromatic rings. The van der Waals surface area contributed by atoms with Crippen molar-refractivity contribution < 1.29 is 4.79 Å². The van der Waals surface area contributed by atoms with Gasteiger partial charge in [-0.2, -0.15) is 5.10 Å². The number of allylic oxidation sites excluding steroid dienone is 1. The number of carbonyl (C=O) groups is 1. The van der Waals surface area contributed by atoms with Gasteiger partial charge in [0.15, 0.2) is 0 Å². The number of hydrogen-bond acceptors (Lipinski definition) is 2. The minimum absolute atomic E-state index is 0.107. The first-order valence-corrected chi connectivity index (χ1v) is 12.4. The van der Waals surface area contributed by atoms with Crippen molar-refractivity contribution >= 4 is 56.8 Å². The quantitative estimate of drug-likeness (QED) is 0.330. The third kappa shape index (κ3) is 4.65. The summed E-state index contributed by atoms with van der Waals surface area (Å²) in [5, 5.41) is 8.01. The SMILES string of the molecule is O=C(c1cccc(Br)c1)N1N=C2/C(=C/c3ccc(Cl)cc3)CCC[C@H]2[C@H]1c1ccc(Cl)cc1. The maximum Gasteiger partial charge on any atom is 0.274 e. The molecule has 0 aromatic heterocycles. The third-order valence-corrected chi connectivity index (χ3v) is 7.20. The van der Waals surface area contributed by atoms with Crippen LogP contribution in [-0.2, 0) is 0 Å².